The fourth-order valence-electron chi connectivity index (χ4n) is 1.47. The highest BCUT2D eigenvalue weighted by atomic mass is 19.1. The van der Waals surface area contributed by atoms with Crippen LogP contribution >= 0.6 is 0 Å². The molecule has 1 rings (SSSR count). The van der Waals surface area contributed by atoms with Crippen molar-refractivity contribution in [2.75, 3.05) is 12.4 Å². The van der Waals surface area contributed by atoms with Crippen LogP contribution in [0.25, 0.3) is 0 Å². The zero-order chi connectivity index (χ0) is 13.0. The smallest absolute Gasteiger partial charge is 0.326 e. The topological polar surface area (TPSA) is 58.6 Å². The van der Waals surface area contributed by atoms with Crippen LogP contribution in [-0.4, -0.2) is 24.2 Å². The van der Waals surface area contributed by atoms with Gasteiger partial charge in [0.2, 0.25) is 0 Å². The first kappa shape index (κ1) is 13.3. The van der Waals surface area contributed by atoms with E-state index in [9.17, 15) is 9.18 Å². The number of nitrogens with one attached hydrogen (secondary N) is 1. The zero-order valence-electron chi connectivity index (χ0n) is 10.0. The Labute approximate surface area is 99.4 Å². The molecule has 0 amide bonds. The third-order valence-electron chi connectivity index (χ3n) is 2.41. The molecule has 0 aliphatic rings. The number of carboxylic acids is 1. The minimum atomic E-state index is -0.952. The molecule has 4 nitrogen and oxygen atoms in total. The molecule has 0 heterocycles. The van der Waals surface area contributed by atoms with Crippen LogP contribution in [0.1, 0.15) is 13.8 Å². The highest BCUT2D eigenvalue weighted by molar-refractivity contribution is 5.78. The summed E-state index contributed by atoms with van der Waals surface area (Å²) in [5.41, 5.74) is 0.468. The Balaban J connectivity index is 2.96. The van der Waals surface area contributed by atoms with E-state index in [4.69, 9.17) is 9.84 Å². The summed E-state index contributed by atoms with van der Waals surface area (Å²) >= 11 is 0. The largest absolute Gasteiger partial charge is 0.494 e. The van der Waals surface area contributed by atoms with Gasteiger partial charge in [-0.15, -0.1) is 0 Å². The molecular weight excluding hydrogens is 225 g/mol. The van der Waals surface area contributed by atoms with E-state index in [0.717, 1.165) is 0 Å². The van der Waals surface area contributed by atoms with E-state index in [1.807, 2.05) is 0 Å². The van der Waals surface area contributed by atoms with Crippen molar-refractivity contribution in [2.45, 2.75) is 19.9 Å². The predicted molar refractivity (Wildman–Crippen MR) is 62.8 cm³/mol. The molecule has 1 atom stereocenters. The number of benzene rings is 1. The van der Waals surface area contributed by atoms with Gasteiger partial charge in [-0.2, -0.15) is 0 Å². The molecular formula is C12H16FNO3. The van der Waals surface area contributed by atoms with Gasteiger partial charge in [-0.1, -0.05) is 13.8 Å². The third-order valence-corrected chi connectivity index (χ3v) is 2.41. The molecule has 0 fully saturated rings. The maximum atomic E-state index is 13.0. The van der Waals surface area contributed by atoms with Crippen molar-refractivity contribution in [3.8, 4) is 5.75 Å². The standard InChI is InChI=1S/C12H16FNO3/c1-7(2)11(12(15)16)14-9-5-4-8(13)6-10(9)17-3/h4-7,11,14H,1-3H3,(H,15,16). The van der Waals surface area contributed by atoms with Crippen LogP contribution in [0.4, 0.5) is 10.1 Å². The molecule has 0 bridgehead atoms. The van der Waals surface area contributed by atoms with Gasteiger partial charge >= 0.3 is 5.97 Å². The third kappa shape index (κ3) is 3.34. The minimum absolute atomic E-state index is 0.0951. The van der Waals surface area contributed by atoms with E-state index >= 15 is 0 Å². The Morgan fingerprint density at radius 3 is 2.59 bits per heavy atom. The van der Waals surface area contributed by atoms with Gasteiger partial charge in [0.25, 0.3) is 0 Å². The van der Waals surface area contributed by atoms with Crippen LogP contribution in [0.15, 0.2) is 18.2 Å². The Kier molecular flexibility index (Phi) is 4.31. The fraction of sp³-hybridized carbons (Fsp3) is 0.417. The first-order valence-corrected chi connectivity index (χ1v) is 5.28. The van der Waals surface area contributed by atoms with Crippen LogP contribution in [-0.2, 0) is 4.79 Å². The average Bonchev–Trinajstić information content (AvgIpc) is 2.26. The van der Waals surface area contributed by atoms with Crippen molar-refractivity contribution in [1.29, 1.82) is 0 Å². The molecule has 1 aromatic carbocycles. The van der Waals surface area contributed by atoms with Crippen molar-refractivity contribution in [3.05, 3.63) is 24.0 Å². The summed E-state index contributed by atoms with van der Waals surface area (Å²) < 4.78 is 18.0. The lowest BCUT2D eigenvalue weighted by atomic mass is 10.0. The van der Waals surface area contributed by atoms with E-state index in [0.29, 0.717) is 5.69 Å². The lowest BCUT2D eigenvalue weighted by Gasteiger charge is -2.20. The van der Waals surface area contributed by atoms with Crippen molar-refractivity contribution < 1.29 is 19.0 Å². The summed E-state index contributed by atoms with van der Waals surface area (Å²) in [6, 6.07) is 3.19. The molecule has 2 N–H and O–H groups in total. The molecule has 1 unspecified atom stereocenters. The number of aliphatic carboxylic acids is 1. The van der Waals surface area contributed by atoms with Crippen molar-refractivity contribution in [2.24, 2.45) is 5.92 Å². The van der Waals surface area contributed by atoms with E-state index < -0.39 is 17.8 Å². The van der Waals surface area contributed by atoms with Crippen LogP contribution in [0.5, 0.6) is 5.75 Å². The number of halogens is 1. The van der Waals surface area contributed by atoms with E-state index in [-0.39, 0.29) is 11.7 Å². The molecule has 1 aromatic rings. The molecule has 17 heavy (non-hydrogen) atoms. The fourth-order valence-corrected chi connectivity index (χ4v) is 1.47. The molecule has 0 aliphatic heterocycles. The van der Waals surface area contributed by atoms with Crippen molar-refractivity contribution >= 4 is 11.7 Å². The minimum Gasteiger partial charge on any atom is -0.494 e. The summed E-state index contributed by atoms with van der Waals surface area (Å²) in [4.78, 5) is 11.0. The summed E-state index contributed by atoms with van der Waals surface area (Å²) in [6.07, 6.45) is 0. The Morgan fingerprint density at radius 1 is 1.47 bits per heavy atom. The number of methoxy groups -OCH3 is 1. The number of anilines is 1. The average molecular weight is 241 g/mol. The van der Waals surface area contributed by atoms with Crippen molar-refractivity contribution in [1.82, 2.24) is 0 Å². The molecule has 0 saturated carbocycles. The summed E-state index contributed by atoms with van der Waals surface area (Å²) in [6.45, 7) is 3.59. The first-order chi connectivity index (χ1) is 7.95. The molecule has 94 valence electrons. The van der Waals surface area contributed by atoms with Gasteiger partial charge in [0, 0.05) is 6.07 Å². The number of rotatable bonds is 5. The van der Waals surface area contributed by atoms with E-state index in [2.05, 4.69) is 5.32 Å². The number of hydrogen-bond donors (Lipinski definition) is 2. The molecule has 0 aliphatic carbocycles. The van der Waals surface area contributed by atoms with Crippen LogP contribution in [0.2, 0.25) is 0 Å². The molecule has 0 aromatic heterocycles. The maximum Gasteiger partial charge on any atom is 0.326 e. The second kappa shape index (κ2) is 5.52. The van der Waals surface area contributed by atoms with Gasteiger partial charge in [0.05, 0.1) is 12.8 Å². The van der Waals surface area contributed by atoms with Gasteiger partial charge in [0.1, 0.15) is 17.6 Å². The molecule has 0 saturated heterocycles. The molecule has 5 heteroatoms. The SMILES string of the molecule is COc1cc(F)ccc1NC(C(=O)O)C(C)C. The summed E-state index contributed by atoms with van der Waals surface area (Å²) in [5, 5.41) is 11.9. The Hall–Kier alpha value is -1.78. The highest BCUT2D eigenvalue weighted by Gasteiger charge is 2.22. The van der Waals surface area contributed by atoms with Gasteiger partial charge in [-0.25, -0.2) is 9.18 Å². The number of hydrogen-bond acceptors (Lipinski definition) is 3. The van der Waals surface area contributed by atoms with Crippen LogP contribution in [0, 0.1) is 11.7 Å². The van der Waals surface area contributed by atoms with E-state index in [1.54, 1.807) is 13.8 Å². The second-order valence-corrected chi connectivity index (χ2v) is 4.05. The zero-order valence-corrected chi connectivity index (χ0v) is 10.0. The Bertz CT molecular complexity index is 407. The number of carboxylic acid groups (broad SMARTS) is 1. The van der Waals surface area contributed by atoms with Crippen molar-refractivity contribution in [3.63, 3.8) is 0 Å². The van der Waals surface area contributed by atoms with Gasteiger partial charge in [-0.3, -0.25) is 0 Å². The normalized spacial score (nSPS) is 12.3. The first-order valence-electron chi connectivity index (χ1n) is 5.28. The van der Waals surface area contributed by atoms with E-state index in [1.165, 1.54) is 25.3 Å². The lowest BCUT2D eigenvalue weighted by Crippen LogP contribution is -2.34. The monoisotopic (exact) mass is 241 g/mol. The quantitative estimate of drug-likeness (QED) is 0.830. The highest BCUT2D eigenvalue weighted by Crippen LogP contribution is 2.26. The number of carbonyl (C=O) groups is 1. The van der Waals surface area contributed by atoms with Gasteiger partial charge in [-0.05, 0) is 18.1 Å². The van der Waals surface area contributed by atoms with Crippen LogP contribution in [0.3, 0.4) is 0 Å². The molecule has 0 radical (unpaired) electrons. The summed E-state index contributed by atoms with van der Waals surface area (Å²) in [7, 11) is 1.41. The van der Waals surface area contributed by atoms with Gasteiger partial charge < -0.3 is 15.2 Å². The van der Waals surface area contributed by atoms with Gasteiger partial charge in [0.15, 0.2) is 0 Å². The molecule has 0 spiro atoms. The lowest BCUT2D eigenvalue weighted by molar-refractivity contribution is -0.138. The summed E-state index contributed by atoms with van der Waals surface area (Å²) in [5.74, 6) is -1.19. The van der Waals surface area contributed by atoms with Crippen LogP contribution < -0.4 is 10.1 Å². The predicted octanol–water partition coefficient (Wildman–Crippen LogP) is 2.36. The Morgan fingerprint density at radius 2 is 2.12 bits per heavy atom. The number of ether oxygens (including phenoxy) is 1. The second-order valence-electron chi connectivity index (χ2n) is 4.05. The maximum absolute atomic E-state index is 13.0.